The molecule has 3 aromatic rings. The number of methoxy groups -OCH3 is 2. The molecule has 0 radical (unpaired) electrons. The highest BCUT2D eigenvalue weighted by Crippen LogP contribution is 2.46. The first-order chi connectivity index (χ1) is 13.7. The van der Waals surface area contributed by atoms with E-state index in [1.165, 1.54) is 0 Å². The van der Waals surface area contributed by atoms with Crippen molar-refractivity contribution in [1.29, 1.82) is 0 Å². The first-order valence-electron chi connectivity index (χ1n) is 9.36. The predicted octanol–water partition coefficient (Wildman–Crippen LogP) is 4.05. The minimum atomic E-state index is -0.290. The maximum atomic E-state index is 13.2. The highest BCUT2D eigenvalue weighted by Gasteiger charge is 2.43. The van der Waals surface area contributed by atoms with Crippen molar-refractivity contribution in [3.8, 4) is 22.8 Å². The molecule has 0 aliphatic carbocycles. The van der Waals surface area contributed by atoms with E-state index in [0.29, 0.717) is 18.0 Å². The lowest BCUT2D eigenvalue weighted by atomic mass is 9.95. The number of rotatable bonds is 6. The maximum absolute atomic E-state index is 13.2. The van der Waals surface area contributed by atoms with Gasteiger partial charge in [0.15, 0.2) is 0 Å². The summed E-state index contributed by atoms with van der Waals surface area (Å²) in [4.78, 5) is 15.0. The number of fused-ring (bicyclic) bond motifs is 1. The van der Waals surface area contributed by atoms with Gasteiger partial charge in [0.25, 0.3) is 5.91 Å². The summed E-state index contributed by atoms with van der Waals surface area (Å²) < 4.78 is 11.1. The van der Waals surface area contributed by atoms with E-state index < -0.39 is 0 Å². The van der Waals surface area contributed by atoms with Gasteiger partial charge in [0.2, 0.25) is 0 Å². The molecule has 28 heavy (non-hydrogen) atoms. The average molecular weight is 377 g/mol. The Bertz CT molecular complexity index is 998. The van der Waals surface area contributed by atoms with Crippen molar-refractivity contribution >= 4 is 5.91 Å². The van der Waals surface area contributed by atoms with Crippen LogP contribution in [0.1, 0.15) is 41.0 Å². The van der Waals surface area contributed by atoms with Crippen LogP contribution in [0.15, 0.2) is 48.5 Å². The molecule has 2 heterocycles. The summed E-state index contributed by atoms with van der Waals surface area (Å²) in [7, 11) is 3.27. The summed E-state index contributed by atoms with van der Waals surface area (Å²) in [6.45, 7) is 2.71. The van der Waals surface area contributed by atoms with Gasteiger partial charge in [0, 0.05) is 23.2 Å². The van der Waals surface area contributed by atoms with Crippen molar-refractivity contribution in [2.75, 3.05) is 20.8 Å². The molecule has 0 unspecified atom stereocenters. The van der Waals surface area contributed by atoms with E-state index in [0.717, 1.165) is 34.6 Å². The quantitative estimate of drug-likeness (QED) is 0.704. The summed E-state index contributed by atoms with van der Waals surface area (Å²) in [6, 6.07) is 15.3. The Balaban J connectivity index is 1.94. The van der Waals surface area contributed by atoms with E-state index in [2.05, 4.69) is 17.1 Å². The van der Waals surface area contributed by atoms with E-state index in [1.54, 1.807) is 14.2 Å². The molecule has 1 N–H and O–H groups in total. The van der Waals surface area contributed by atoms with E-state index in [-0.39, 0.29) is 11.9 Å². The van der Waals surface area contributed by atoms with Gasteiger partial charge in [0.05, 0.1) is 26.0 Å². The lowest BCUT2D eigenvalue weighted by Crippen LogP contribution is -2.30. The standard InChI is InChI=1S/C22H23N3O3/c1-4-12-25-21(16-13-15(27-2)10-11-17(16)28-3)18-19(14-8-6-5-7-9-14)23-24-20(18)22(25)26/h5-11,13,21H,4,12H2,1-3H3,(H,23,24)/t21-/m0/s1. The number of aromatic nitrogens is 2. The Morgan fingerprint density at radius 2 is 1.89 bits per heavy atom. The molecule has 0 spiro atoms. The highest BCUT2D eigenvalue weighted by molar-refractivity contribution is 6.00. The van der Waals surface area contributed by atoms with Gasteiger partial charge in [-0.25, -0.2) is 0 Å². The monoisotopic (exact) mass is 377 g/mol. The van der Waals surface area contributed by atoms with Crippen molar-refractivity contribution in [3.05, 3.63) is 65.4 Å². The van der Waals surface area contributed by atoms with Gasteiger partial charge in [-0.3, -0.25) is 9.89 Å². The number of aromatic amines is 1. The molecule has 144 valence electrons. The van der Waals surface area contributed by atoms with Gasteiger partial charge in [-0.15, -0.1) is 0 Å². The van der Waals surface area contributed by atoms with Gasteiger partial charge >= 0.3 is 0 Å². The Morgan fingerprint density at radius 1 is 1.11 bits per heavy atom. The van der Waals surface area contributed by atoms with Gasteiger partial charge < -0.3 is 14.4 Å². The topological polar surface area (TPSA) is 67.5 Å². The van der Waals surface area contributed by atoms with Crippen LogP contribution in [0.3, 0.4) is 0 Å². The van der Waals surface area contributed by atoms with Crippen LogP contribution in [-0.4, -0.2) is 41.8 Å². The molecule has 0 fully saturated rings. The molecule has 6 heteroatoms. The Labute approximate surface area is 164 Å². The first kappa shape index (κ1) is 18.1. The van der Waals surface area contributed by atoms with Crippen LogP contribution >= 0.6 is 0 Å². The fraction of sp³-hybridized carbons (Fsp3) is 0.273. The second kappa shape index (κ2) is 7.38. The number of amides is 1. The molecule has 0 bridgehead atoms. The average Bonchev–Trinajstić information content (AvgIpc) is 3.28. The SMILES string of the molecule is CCCN1C(=O)c2[nH]nc(-c3ccccc3)c2[C@@H]1c1cc(OC)ccc1OC. The summed E-state index contributed by atoms with van der Waals surface area (Å²) in [5, 5.41) is 7.46. The number of hydrogen-bond donors (Lipinski definition) is 1. The highest BCUT2D eigenvalue weighted by atomic mass is 16.5. The number of nitrogens with one attached hydrogen (secondary N) is 1. The third kappa shape index (κ3) is 2.81. The van der Waals surface area contributed by atoms with Gasteiger partial charge in [0.1, 0.15) is 17.2 Å². The van der Waals surface area contributed by atoms with Crippen LogP contribution in [0.4, 0.5) is 0 Å². The van der Waals surface area contributed by atoms with Gasteiger partial charge in [-0.05, 0) is 24.6 Å². The molecule has 4 rings (SSSR count). The Morgan fingerprint density at radius 3 is 2.57 bits per heavy atom. The molecule has 0 saturated heterocycles. The second-order valence-corrected chi connectivity index (χ2v) is 6.74. The van der Waals surface area contributed by atoms with E-state index in [9.17, 15) is 4.79 Å². The van der Waals surface area contributed by atoms with E-state index in [1.807, 2.05) is 53.4 Å². The lowest BCUT2D eigenvalue weighted by Gasteiger charge is -2.27. The van der Waals surface area contributed by atoms with E-state index in [4.69, 9.17) is 9.47 Å². The van der Waals surface area contributed by atoms with Crippen LogP contribution < -0.4 is 9.47 Å². The van der Waals surface area contributed by atoms with Crippen LogP contribution in [0.25, 0.3) is 11.3 Å². The maximum Gasteiger partial charge on any atom is 0.273 e. The first-order valence-corrected chi connectivity index (χ1v) is 9.36. The Hall–Kier alpha value is -3.28. The number of H-pyrrole nitrogens is 1. The number of hydrogen-bond acceptors (Lipinski definition) is 4. The molecule has 1 atom stereocenters. The summed E-state index contributed by atoms with van der Waals surface area (Å²) in [5.41, 5.74) is 4.08. The van der Waals surface area contributed by atoms with Crippen molar-refractivity contribution in [2.45, 2.75) is 19.4 Å². The number of carbonyl (C=O) groups excluding carboxylic acids is 1. The zero-order chi connectivity index (χ0) is 19.7. The number of nitrogens with zero attached hydrogens (tertiary/aromatic N) is 2. The lowest BCUT2D eigenvalue weighted by molar-refractivity contribution is 0.0742. The van der Waals surface area contributed by atoms with E-state index >= 15 is 0 Å². The molecular formula is C22H23N3O3. The van der Waals surface area contributed by atoms with Crippen molar-refractivity contribution in [1.82, 2.24) is 15.1 Å². The zero-order valence-electron chi connectivity index (χ0n) is 16.2. The molecule has 1 aromatic heterocycles. The van der Waals surface area contributed by atoms with Crippen molar-refractivity contribution in [2.24, 2.45) is 0 Å². The molecule has 6 nitrogen and oxygen atoms in total. The molecule has 2 aromatic carbocycles. The largest absolute Gasteiger partial charge is 0.497 e. The molecule has 1 amide bonds. The summed E-state index contributed by atoms with van der Waals surface area (Å²) in [6.07, 6.45) is 0.854. The molecular weight excluding hydrogens is 354 g/mol. The van der Waals surface area contributed by atoms with Crippen molar-refractivity contribution < 1.29 is 14.3 Å². The Kier molecular flexibility index (Phi) is 4.77. The normalized spacial score (nSPS) is 15.6. The zero-order valence-corrected chi connectivity index (χ0v) is 16.2. The van der Waals surface area contributed by atoms with Crippen molar-refractivity contribution in [3.63, 3.8) is 0 Å². The minimum absolute atomic E-state index is 0.0404. The molecule has 0 saturated carbocycles. The number of ether oxygens (including phenoxy) is 2. The molecule has 1 aliphatic heterocycles. The van der Waals surface area contributed by atoms with Gasteiger partial charge in [-0.1, -0.05) is 37.3 Å². The third-order valence-electron chi connectivity index (χ3n) is 5.11. The summed E-state index contributed by atoms with van der Waals surface area (Å²) >= 11 is 0. The fourth-order valence-corrected chi connectivity index (χ4v) is 3.86. The van der Waals surface area contributed by atoms with Crippen LogP contribution in [0.5, 0.6) is 11.5 Å². The predicted molar refractivity (Wildman–Crippen MR) is 107 cm³/mol. The van der Waals surface area contributed by atoms with Crippen LogP contribution in [-0.2, 0) is 0 Å². The van der Waals surface area contributed by atoms with Gasteiger partial charge in [-0.2, -0.15) is 5.10 Å². The third-order valence-corrected chi connectivity index (χ3v) is 5.11. The number of carbonyl (C=O) groups is 1. The minimum Gasteiger partial charge on any atom is -0.497 e. The fourth-order valence-electron chi connectivity index (χ4n) is 3.86. The second-order valence-electron chi connectivity index (χ2n) is 6.74. The molecule has 1 aliphatic rings. The van der Waals surface area contributed by atoms with Crippen LogP contribution in [0, 0.1) is 0 Å². The summed E-state index contributed by atoms with van der Waals surface area (Å²) in [5.74, 6) is 1.40. The number of benzene rings is 2. The smallest absolute Gasteiger partial charge is 0.273 e. The van der Waals surface area contributed by atoms with Crippen LogP contribution in [0.2, 0.25) is 0 Å².